The van der Waals surface area contributed by atoms with Crippen LogP contribution in [0.15, 0.2) is 84.9 Å². The predicted molar refractivity (Wildman–Crippen MR) is 134 cm³/mol. The lowest BCUT2D eigenvalue weighted by atomic mass is 10.0. The molecule has 3 aromatic rings. The Labute approximate surface area is 201 Å². The van der Waals surface area contributed by atoms with Crippen molar-refractivity contribution in [3.05, 3.63) is 107 Å². The lowest BCUT2D eigenvalue weighted by molar-refractivity contribution is 0.0706. The Balaban J connectivity index is 1.69. The van der Waals surface area contributed by atoms with Crippen LogP contribution in [0.3, 0.4) is 0 Å². The van der Waals surface area contributed by atoms with Gasteiger partial charge in [0.1, 0.15) is 0 Å². The van der Waals surface area contributed by atoms with Gasteiger partial charge < -0.3 is 9.80 Å². The fourth-order valence-electron chi connectivity index (χ4n) is 4.02. The first-order valence-corrected chi connectivity index (χ1v) is 11.3. The van der Waals surface area contributed by atoms with Crippen LogP contribution >= 0.6 is 0 Å². The molecule has 34 heavy (non-hydrogen) atoms. The maximum Gasteiger partial charge on any atom is 0.255 e. The van der Waals surface area contributed by atoms with Crippen molar-refractivity contribution in [3.63, 3.8) is 0 Å². The Morgan fingerprint density at radius 1 is 0.588 bits per heavy atom. The van der Waals surface area contributed by atoms with E-state index in [9.17, 15) is 9.59 Å². The average molecular weight is 447 g/mol. The van der Waals surface area contributed by atoms with Crippen molar-refractivity contribution in [2.24, 2.45) is 0 Å². The molecule has 168 valence electrons. The Morgan fingerprint density at radius 3 is 1.29 bits per heavy atom. The van der Waals surface area contributed by atoms with E-state index in [1.165, 1.54) is 0 Å². The van der Waals surface area contributed by atoms with Crippen molar-refractivity contribution in [2.75, 3.05) is 13.1 Å². The maximum absolute atomic E-state index is 13.4. The zero-order valence-corrected chi connectivity index (χ0v) is 19.4. The summed E-state index contributed by atoms with van der Waals surface area (Å²) < 4.78 is 0. The first-order valence-electron chi connectivity index (χ1n) is 11.3. The summed E-state index contributed by atoms with van der Waals surface area (Å²) in [6, 6.07) is 26.3. The molecule has 4 nitrogen and oxygen atoms in total. The van der Waals surface area contributed by atoms with Crippen molar-refractivity contribution in [3.8, 4) is 23.7 Å². The molecule has 2 aliphatic rings. The number of benzene rings is 3. The van der Waals surface area contributed by atoms with Crippen LogP contribution in [0.4, 0.5) is 0 Å². The number of nitrogens with zero attached hydrogens (tertiary/aromatic N) is 2. The Morgan fingerprint density at radius 2 is 0.941 bits per heavy atom. The van der Waals surface area contributed by atoms with Crippen molar-refractivity contribution in [2.45, 2.75) is 25.9 Å². The van der Waals surface area contributed by atoms with E-state index in [0.717, 1.165) is 11.1 Å². The molecule has 0 saturated heterocycles. The van der Waals surface area contributed by atoms with Gasteiger partial charge in [-0.05, 0) is 61.1 Å². The lowest BCUT2D eigenvalue weighted by Gasteiger charge is -2.29. The standard InChI is InChI=1S/C30H26N2O2/c1-23(25-13-7-5-8-14-25)31-21-11-3-4-12-22-32(24(2)26-15-9-6-10-16-26)30(34)28-19-17-27(18-20-28)29(31)33/h5-10,13-20,23-24H,21-22H2,1-2H3/t23-,24-/m1/s1. The van der Waals surface area contributed by atoms with Gasteiger partial charge in [0.25, 0.3) is 11.8 Å². The molecule has 4 heteroatoms. The van der Waals surface area contributed by atoms with Gasteiger partial charge >= 0.3 is 0 Å². The molecular weight excluding hydrogens is 420 g/mol. The third-order valence-electron chi connectivity index (χ3n) is 6.14. The second-order valence-corrected chi connectivity index (χ2v) is 8.22. The molecule has 2 amide bonds. The first-order chi connectivity index (χ1) is 16.6. The van der Waals surface area contributed by atoms with Crippen LogP contribution in [-0.4, -0.2) is 34.7 Å². The van der Waals surface area contributed by atoms with E-state index in [1.807, 2.05) is 74.5 Å². The summed E-state index contributed by atoms with van der Waals surface area (Å²) in [6.45, 7) is 4.50. The molecule has 5 rings (SSSR count). The van der Waals surface area contributed by atoms with Gasteiger partial charge in [-0.15, -0.1) is 0 Å². The van der Waals surface area contributed by atoms with Crippen molar-refractivity contribution >= 4 is 11.8 Å². The van der Waals surface area contributed by atoms with Gasteiger partial charge in [-0.2, -0.15) is 0 Å². The number of carbonyl (C=O) groups excluding carboxylic acids is 2. The van der Waals surface area contributed by atoms with Gasteiger partial charge in [0.05, 0.1) is 25.2 Å². The fourth-order valence-corrected chi connectivity index (χ4v) is 4.02. The molecule has 0 N–H and O–H groups in total. The predicted octanol–water partition coefficient (Wildman–Crippen LogP) is 5.11. The molecule has 0 aromatic heterocycles. The van der Waals surface area contributed by atoms with Crippen LogP contribution in [0, 0.1) is 23.7 Å². The molecule has 0 radical (unpaired) electrons. The molecule has 0 aliphatic carbocycles. The zero-order chi connectivity index (χ0) is 23.9. The molecule has 0 fully saturated rings. The van der Waals surface area contributed by atoms with E-state index in [4.69, 9.17) is 0 Å². The van der Waals surface area contributed by atoms with Gasteiger partial charge in [0.2, 0.25) is 0 Å². The topological polar surface area (TPSA) is 40.6 Å². The SMILES string of the molecule is C[C@H](c1ccccc1)N1CC#CC#CCN([C@H](C)c2ccccc2)C(=O)c2ccc(cc2)C1=O. The summed E-state index contributed by atoms with van der Waals surface area (Å²) >= 11 is 0. The van der Waals surface area contributed by atoms with E-state index >= 15 is 0 Å². The number of hydrogen-bond acceptors (Lipinski definition) is 2. The lowest BCUT2D eigenvalue weighted by Crippen LogP contribution is -2.35. The Kier molecular flexibility index (Phi) is 7.11. The van der Waals surface area contributed by atoms with Crippen molar-refractivity contribution in [1.29, 1.82) is 0 Å². The van der Waals surface area contributed by atoms with Crippen LogP contribution in [-0.2, 0) is 0 Å². The number of fused-ring (bicyclic) bond motifs is 9. The van der Waals surface area contributed by atoms with Crippen LogP contribution in [0.1, 0.15) is 57.8 Å². The Hall–Kier alpha value is -4.28. The molecule has 2 heterocycles. The zero-order valence-electron chi connectivity index (χ0n) is 19.4. The highest BCUT2D eigenvalue weighted by molar-refractivity contribution is 5.98. The average Bonchev–Trinajstić information content (AvgIpc) is 2.90. The van der Waals surface area contributed by atoms with Gasteiger partial charge in [0.15, 0.2) is 0 Å². The number of amides is 2. The van der Waals surface area contributed by atoms with E-state index in [1.54, 1.807) is 34.1 Å². The van der Waals surface area contributed by atoms with Crippen molar-refractivity contribution in [1.82, 2.24) is 9.80 Å². The minimum atomic E-state index is -0.160. The van der Waals surface area contributed by atoms with Crippen molar-refractivity contribution < 1.29 is 9.59 Å². The summed E-state index contributed by atoms with van der Waals surface area (Å²) in [6.07, 6.45) is 0. The summed E-state index contributed by atoms with van der Waals surface area (Å²) in [5.74, 6) is 11.5. The third kappa shape index (κ3) is 5.03. The minimum absolute atomic E-state index is 0.135. The molecule has 0 spiro atoms. The highest BCUT2D eigenvalue weighted by Gasteiger charge is 2.25. The fraction of sp³-hybridized carbons (Fsp3) is 0.200. The monoisotopic (exact) mass is 446 g/mol. The van der Waals surface area contributed by atoms with E-state index in [-0.39, 0.29) is 37.0 Å². The summed E-state index contributed by atoms with van der Waals surface area (Å²) in [4.78, 5) is 30.3. The second-order valence-electron chi connectivity index (χ2n) is 8.22. The van der Waals surface area contributed by atoms with E-state index in [2.05, 4.69) is 23.7 Å². The second kappa shape index (κ2) is 10.6. The van der Waals surface area contributed by atoms with Gasteiger partial charge in [0, 0.05) is 11.1 Å². The van der Waals surface area contributed by atoms with Gasteiger partial charge in [-0.1, -0.05) is 72.5 Å². The normalized spacial score (nSPS) is 15.5. The quantitative estimate of drug-likeness (QED) is 0.523. The third-order valence-corrected chi connectivity index (χ3v) is 6.14. The largest absolute Gasteiger partial charge is 0.321 e. The van der Waals surface area contributed by atoms with E-state index in [0.29, 0.717) is 11.1 Å². The minimum Gasteiger partial charge on any atom is -0.321 e. The van der Waals surface area contributed by atoms with Crippen LogP contribution in [0.25, 0.3) is 0 Å². The number of hydrogen-bond donors (Lipinski definition) is 0. The van der Waals surface area contributed by atoms with Crippen LogP contribution in [0.5, 0.6) is 0 Å². The molecule has 3 aromatic carbocycles. The highest BCUT2D eigenvalue weighted by Crippen LogP contribution is 2.24. The molecule has 2 atom stereocenters. The van der Waals surface area contributed by atoms with Crippen LogP contribution in [0.2, 0.25) is 0 Å². The van der Waals surface area contributed by atoms with Gasteiger partial charge in [-0.25, -0.2) is 0 Å². The molecular formula is C30H26N2O2. The van der Waals surface area contributed by atoms with Crippen LogP contribution < -0.4 is 0 Å². The number of rotatable bonds is 4. The number of carbonyl (C=O) groups is 2. The molecule has 2 aliphatic heterocycles. The highest BCUT2D eigenvalue weighted by atomic mass is 16.2. The van der Waals surface area contributed by atoms with Gasteiger partial charge in [-0.3, -0.25) is 9.59 Å². The maximum atomic E-state index is 13.4. The molecule has 0 unspecified atom stereocenters. The molecule has 2 bridgehead atoms. The van der Waals surface area contributed by atoms with E-state index < -0.39 is 0 Å². The summed E-state index contributed by atoms with van der Waals surface area (Å²) in [5.41, 5.74) is 3.10. The summed E-state index contributed by atoms with van der Waals surface area (Å²) in [5, 5.41) is 0. The first kappa shape index (κ1) is 22.9. The Bertz CT molecular complexity index is 1170. The summed E-state index contributed by atoms with van der Waals surface area (Å²) in [7, 11) is 0. The smallest absolute Gasteiger partial charge is 0.255 e. The molecule has 0 saturated carbocycles.